The lowest BCUT2D eigenvalue weighted by Gasteiger charge is -2.31. The topological polar surface area (TPSA) is 6.48 Å². The molecule has 3 atom stereocenters. The summed E-state index contributed by atoms with van der Waals surface area (Å²) in [6.07, 6.45) is 0.221. The van der Waals surface area contributed by atoms with Crippen LogP contribution in [0.15, 0.2) is 115 Å². The van der Waals surface area contributed by atoms with Gasteiger partial charge in [0.1, 0.15) is 0 Å². The van der Waals surface area contributed by atoms with E-state index in [1.165, 1.54) is 27.0 Å². The van der Waals surface area contributed by atoms with Crippen molar-refractivity contribution in [1.82, 2.24) is 9.80 Å². The zero-order valence-corrected chi connectivity index (χ0v) is 20.4. The molecule has 1 saturated heterocycles. The Morgan fingerprint density at radius 2 is 1.06 bits per heavy atom. The molecule has 5 rings (SSSR count). The van der Waals surface area contributed by atoms with E-state index in [4.69, 9.17) is 0 Å². The minimum atomic E-state index is -0.657. The van der Waals surface area contributed by atoms with Gasteiger partial charge in [-0.3, -0.25) is 9.80 Å². The molecule has 0 bridgehead atoms. The highest BCUT2D eigenvalue weighted by Gasteiger charge is 2.43. The molecule has 3 heteroatoms. The van der Waals surface area contributed by atoms with Crippen LogP contribution >= 0.6 is 7.92 Å². The molecule has 0 amide bonds. The van der Waals surface area contributed by atoms with Crippen LogP contribution in [0.25, 0.3) is 0 Å². The van der Waals surface area contributed by atoms with Crippen LogP contribution in [-0.4, -0.2) is 29.9 Å². The van der Waals surface area contributed by atoms with Crippen molar-refractivity contribution in [2.45, 2.75) is 25.2 Å². The van der Waals surface area contributed by atoms with Crippen LogP contribution in [-0.2, 0) is 0 Å². The van der Waals surface area contributed by atoms with Crippen molar-refractivity contribution in [3.8, 4) is 0 Å². The summed E-state index contributed by atoms with van der Waals surface area (Å²) in [5.74, 6) is 0. The van der Waals surface area contributed by atoms with Gasteiger partial charge in [0.2, 0.25) is 0 Å². The second kappa shape index (κ2) is 9.61. The maximum atomic E-state index is 2.56. The van der Waals surface area contributed by atoms with E-state index in [0.717, 1.165) is 0 Å². The first-order valence-electron chi connectivity index (χ1n) is 11.6. The average Bonchev–Trinajstić information content (AvgIpc) is 3.09. The van der Waals surface area contributed by atoms with Crippen LogP contribution < -0.4 is 15.9 Å². The minimum Gasteiger partial charge on any atom is -0.283 e. The molecule has 4 aromatic rings. The van der Waals surface area contributed by atoms with Gasteiger partial charge in [-0.1, -0.05) is 115 Å². The standard InChI is InChI=1S/C30H31N2P/c1-23-29(24-15-7-4-8-16-24)32(3)30(31(23)2)27-21-13-14-22-28(27)33(25-17-9-5-10-18-25)26-19-11-6-12-20-26/h4-23,29-30H,1-3H3/t23-,29+,30?/m0/s1. The fourth-order valence-electron chi connectivity index (χ4n) is 5.32. The summed E-state index contributed by atoms with van der Waals surface area (Å²) in [6.45, 7) is 2.36. The maximum Gasteiger partial charge on any atom is 0.0896 e. The van der Waals surface area contributed by atoms with Crippen LogP contribution in [0.4, 0.5) is 0 Å². The van der Waals surface area contributed by atoms with Gasteiger partial charge >= 0.3 is 0 Å². The van der Waals surface area contributed by atoms with Gasteiger partial charge in [0.15, 0.2) is 0 Å². The molecule has 1 aliphatic heterocycles. The van der Waals surface area contributed by atoms with Crippen molar-refractivity contribution in [2.75, 3.05) is 14.1 Å². The largest absolute Gasteiger partial charge is 0.283 e. The highest BCUT2D eigenvalue weighted by atomic mass is 31.1. The third kappa shape index (κ3) is 4.15. The summed E-state index contributed by atoms with van der Waals surface area (Å²) in [6, 6.07) is 42.8. The van der Waals surface area contributed by atoms with E-state index < -0.39 is 7.92 Å². The molecule has 0 aromatic heterocycles. The van der Waals surface area contributed by atoms with E-state index in [1.807, 2.05) is 0 Å². The first-order valence-corrected chi connectivity index (χ1v) is 13.0. The molecule has 1 heterocycles. The van der Waals surface area contributed by atoms with Crippen LogP contribution in [0, 0.1) is 0 Å². The van der Waals surface area contributed by atoms with Crippen molar-refractivity contribution in [3.63, 3.8) is 0 Å². The Balaban J connectivity index is 1.63. The van der Waals surface area contributed by atoms with E-state index in [1.54, 1.807) is 0 Å². The fourth-order valence-corrected chi connectivity index (χ4v) is 7.80. The van der Waals surface area contributed by atoms with Gasteiger partial charge in [-0.25, -0.2) is 0 Å². The molecular weight excluding hydrogens is 419 g/mol. The first-order chi connectivity index (χ1) is 16.2. The summed E-state index contributed by atoms with van der Waals surface area (Å²) >= 11 is 0. The number of likely N-dealkylation sites (N-methyl/N-ethyl adjacent to an activating group) is 2. The number of benzene rings is 4. The molecule has 1 aliphatic rings. The second-order valence-corrected chi connectivity index (χ2v) is 11.1. The lowest BCUT2D eigenvalue weighted by Crippen LogP contribution is -2.33. The molecule has 0 N–H and O–H groups in total. The molecule has 4 aromatic carbocycles. The predicted molar refractivity (Wildman–Crippen MR) is 142 cm³/mol. The number of nitrogens with zero attached hydrogens (tertiary/aromatic N) is 2. The Labute approximate surface area is 199 Å². The first kappa shape index (κ1) is 22.0. The number of hydrogen-bond acceptors (Lipinski definition) is 2. The second-order valence-electron chi connectivity index (χ2n) is 8.87. The van der Waals surface area contributed by atoms with Crippen molar-refractivity contribution < 1.29 is 0 Å². The van der Waals surface area contributed by atoms with E-state index in [0.29, 0.717) is 12.1 Å². The van der Waals surface area contributed by atoms with Gasteiger partial charge in [-0.05, 0) is 56.0 Å². The Kier molecular flexibility index (Phi) is 6.42. The van der Waals surface area contributed by atoms with Crippen LogP contribution in [0.2, 0.25) is 0 Å². The highest BCUT2D eigenvalue weighted by Crippen LogP contribution is 2.45. The Hall–Kier alpha value is -2.77. The number of hydrogen-bond donors (Lipinski definition) is 0. The van der Waals surface area contributed by atoms with E-state index >= 15 is 0 Å². The third-order valence-corrected chi connectivity index (χ3v) is 9.45. The van der Waals surface area contributed by atoms with Crippen LogP contribution in [0.5, 0.6) is 0 Å². The SMILES string of the molecule is C[C@H]1[C@H](c2ccccc2)N(C)C(c2ccccc2P(c2ccccc2)c2ccccc2)N1C. The third-order valence-electron chi connectivity index (χ3n) is 6.94. The van der Waals surface area contributed by atoms with Crippen LogP contribution in [0.3, 0.4) is 0 Å². The summed E-state index contributed by atoms with van der Waals surface area (Å²) < 4.78 is 0. The van der Waals surface area contributed by atoms with E-state index in [2.05, 4.69) is 146 Å². The molecule has 1 unspecified atom stereocenters. The smallest absolute Gasteiger partial charge is 0.0896 e. The van der Waals surface area contributed by atoms with Crippen molar-refractivity contribution >= 4 is 23.8 Å². The van der Waals surface area contributed by atoms with Gasteiger partial charge in [-0.2, -0.15) is 0 Å². The lowest BCUT2D eigenvalue weighted by atomic mass is 10.0. The Morgan fingerprint density at radius 1 is 0.576 bits per heavy atom. The van der Waals surface area contributed by atoms with Crippen molar-refractivity contribution in [1.29, 1.82) is 0 Å². The predicted octanol–water partition coefficient (Wildman–Crippen LogP) is 5.45. The molecule has 166 valence electrons. The molecule has 2 nitrogen and oxygen atoms in total. The molecule has 0 saturated carbocycles. The summed E-state index contributed by atoms with van der Waals surface area (Å²) in [5.41, 5.74) is 2.79. The van der Waals surface area contributed by atoms with Gasteiger partial charge in [0, 0.05) is 6.04 Å². The summed E-state index contributed by atoms with van der Waals surface area (Å²) in [7, 11) is 3.90. The van der Waals surface area contributed by atoms with Gasteiger partial charge in [-0.15, -0.1) is 0 Å². The minimum absolute atomic E-state index is 0.221. The normalized spacial score (nSPS) is 21.5. The highest BCUT2D eigenvalue weighted by molar-refractivity contribution is 7.79. The molecule has 0 spiro atoms. The summed E-state index contributed by atoms with van der Waals surface area (Å²) in [5, 5.41) is 4.22. The van der Waals surface area contributed by atoms with Crippen molar-refractivity contribution in [3.05, 3.63) is 126 Å². The monoisotopic (exact) mass is 450 g/mol. The van der Waals surface area contributed by atoms with E-state index in [-0.39, 0.29) is 6.17 Å². The van der Waals surface area contributed by atoms with Crippen molar-refractivity contribution in [2.24, 2.45) is 0 Å². The Morgan fingerprint density at radius 3 is 1.64 bits per heavy atom. The van der Waals surface area contributed by atoms with Gasteiger partial charge < -0.3 is 0 Å². The summed E-state index contributed by atoms with van der Waals surface area (Å²) in [4.78, 5) is 5.10. The quantitative estimate of drug-likeness (QED) is 0.373. The molecule has 1 fully saturated rings. The fraction of sp³-hybridized carbons (Fsp3) is 0.200. The van der Waals surface area contributed by atoms with Crippen LogP contribution in [0.1, 0.15) is 30.3 Å². The Bertz CT molecular complexity index is 1140. The molecule has 0 radical (unpaired) electrons. The lowest BCUT2D eigenvalue weighted by molar-refractivity contribution is 0.167. The number of rotatable bonds is 5. The molecular formula is C30H31N2P. The van der Waals surface area contributed by atoms with Gasteiger partial charge in [0.25, 0.3) is 0 Å². The molecule has 33 heavy (non-hydrogen) atoms. The molecule has 0 aliphatic carbocycles. The maximum absolute atomic E-state index is 2.56. The van der Waals surface area contributed by atoms with Gasteiger partial charge in [0.05, 0.1) is 12.2 Å². The average molecular weight is 451 g/mol. The van der Waals surface area contributed by atoms with E-state index in [9.17, 15) is 0 Å². The zero-order valence-electron chi connectivity index (χ0n) is 19.5. The zero-order chi connectivity index (χ0) is 22.8.